The lowest BCUT2D eigenvalue weighted by Crippen LogP contribution is -2.15. The minimum atomic E-state index is -3.91. The predicted octanol–water partition coefficient (Wildman–Crippen LogP) is 4.01. The molecule has 1 heterocycles. The fourth-order valence-electron chi connectivity index (χ4n) is 2.46. The number of aryl methyl sites for hydroxylation is 1. The zero-order chi connectivity index (χ0) is 18.2. The molecule has 130 valence electrons. The summed E-state index contributed by atoms with van der Waals surface area (Å²) < 4.78 is 34.0. The van der Waals surface area contributed by atoms with E-state index >= 15 is 0 Å². The van der Waals surface area contributed by atoms with Crippen molar-refractivity contribution in [1.29, 1.82) is 0 Å². The van der Waals surface area contributed by atoms with Crippen molar-refractivity contribution in [3.63, 3.8) is 0 Å². The summed E-state index contributed by atoms with van der Waals surface area (Å²) in [7, 11) is -3.91. The molecular formula is C18H15ClO5S. The highest BCUT2D eigenvalue weighted by molar-refractivity contribution is 7.86. The van der Waals surface area contributed by atoms with E-state index in [0.717, 1.165) is 18.2 Å². The fourth-order valence-corrected chi connectivity index (χ4v) is 3.04. The van der Waals surface area contributed by atoms with Crippen LogP contribution in [-0.4, -0.2) is 14.7 Å². The third kappa shape index (κ3) is 3.70. The minimum Gasteiger partial charge on any atom is -0.452 e. The Morgan fingerprint density at radius 2 is 1.80 bits per heavy atom. The summed E-state index contributed by atoms with van der Waals surface area (Å²) >= 11 is 5.89. The molecule has 0 aliphatic heterocycles. The molecule has 0 amide bonds. The van der Waals surface area contributed by atoms with Gasteiger partial charge in [0, 0.05) is 10.6 Å². The number of hydrogen-bond acceptors (Lipinski definition) is 5. The zero-order valence-corrected chi connectivity index (χ0v) is 15.1. The molecule has 3 rings (SSSR count). The van der Waals surface area contributed by atoms with Gasteiger partial charge in [-0.1, -0.05) is 24.6 Å². The molecule has 1 aromatic heterocycles. The van der Waals surface area contributed by atoms with Crippen molar-refractivity contribution in [1.82, 2.24) is 0 Å². The summed E-state index contributed by atoms with van der Waals surface area (Å²) in [5.74, 6) is -0.311. The van der Waals surface area contributed by atoms with Gasteiger partial charge in [0.15, 0.2) is 5.76 Å². The standard InChI is InChI=1S/C18H15ClO5S/c1-3-11-4-9-15-14(10-11)16(20)18(24-25(2,21)22)17(23-15)12-5-7-13(19)8-6-12/h4-10H,3H2,1-2H3. The van der Waals surface area contributed by atoms with E-state index in [9.17, 15) is 13.2 Å². The van der Waals surface area contributed by atoms with Gasteiger partial charge >= 0.3 is 10.1 Å². The highest BCUT2D eigenvalue weighted by atomic mass is 35.5. The third-order valence-electron chi connectivity index (χ3n) is 3.66. The first-order chi connectivity index (χ1) is 11.8. The molecule has 0 fully saturated rings. The van der Waals surface area contributed by atoms with Gasteiger partial charge in [-0.15, -0.1) is 0 Å². The minimum absolute atomic E-state index is 0.0452. The van der Waals surface area contributed by atoms with Crippen LogP contribution in [0.3, 0.4) is 0 Å². The second kappa shape index (κ2) is 6.54. The highest BCUT2D eigenvalue weighted by Crippen LogP contribution is 2.32. The molecule has 0 aliphatic carbocycles. The van der Waals surface area contributed by atoms with E-state index in [1.54, 1.807) is 36.4 Å². The van der Waals surface area contributed by atoms with E-state index < -0.39 is 15.5 Å². The molecule has 25 heavy (non-hydrogen) atoms. The smallest absolute Gasteiger partial charge is 0.306 e. The summed E-state index contributed by atoms with van der Waals surface area (Å²) in [4.78, 5) is 12.9. The average Bonchev–Trinajstić information content (AvgIpc) is 2.57. The lowest BCUT2D eigenvalue weighted by molar-refractivity contribution is 0.477. The highest BCUT2D eigenvalue weighted by Gasteiger charge is 2.21. The van der Waals surface area contributed by atoms with Gasteiger partial charge in [-0.3, -0.25) is 4.79 Å². The first-order valence-electron chi connectivity index (χ1n) is 7.53. The van der Waals surface area contributed by atoms with Crippen LogP contribution in [0, 0.1) is 0 Å². The van der Waals surface area contributed by atoms with Gasteiger partial charge in [-0.25, -0.2) is 0 Å². The molecule has 5 nitrogen and oxygen atoms in total. The summed E-state index contributed by atoms with van der Waals surface area (Å²) in [6.45, 7) is 1.96. The number of benzene rings is 2. The van der Waals surface area contributed by atoms with Gasteiger partial charge in [-0.2, -0.15) is 8.42 Å². The molecular weight excluding hydrogens is 364 g/mol. The van der Waals surface area contributed by atoms with Crippen LogP contribution in [0.25, 0.3) is 22.3 Å². The maximum Gasteiger partial charge on any atom is 0.306 e. The van der Waals surface area contributed by atoms with E-state index in [-0.39, 0.29) is 16.9 Å². The fraction of sp³-hybridized carbons (Fsp3) is 0.167. The molecule has 0 saturated carbocycles. The summed E-state index contributed by atoms with van der Waals surface area (Å²) in [6, 6.07) is 11.7. The molecule has 7 heteroatoms. The SMILES string of the molecule is CCc1ccc2oc(-c3ccc(Cl)cc3)c(OS(C)(=O)=O)c(=O)c2c1. The second-order valence-electron chi connectivity index (χ2n) is 5.57. The van der Waals surface area contributed by atoms with E-state index in [1.807, 2.05) is 13.0 Å². The topological polar surface area (TPSA) is 73.6 Å². The predicted molar refractivity (Wildman–Crippen MR) is 97.8 cm³/mol. The van der Waals surface area contributed by atoms with Crippen molar-refractivity contribution in [3.05, 3.63) is 63.3 Å². The Labute approximate surface area is 149 Å². The number of halogens is 1. The van der Waals surface area contributed by atoms with Crippen LogP contribution >= 0.6 is 11.6 Å². The van der Waals surface area contributed by atoms with Gasteiger partial charge in [0.2, 0.25) is 11.2 Å². The maximum absolute atomic E-state index is 12.9. The summed E-state index contributed by atoms with van der Waals surface area (Å²) in [6.07, 6.45) is 1.61. The molecule has 0 atom stereocenters. The van der Waals surface area contributed by atoms with Gasteiger partial charge in [-0.05, 0) is 48.4 Å². The molecule has 0 aliphatic rings. The Bertz CT molecular complexity index is 1100. The normalized spacial score (nSPS) is 11.6. The van der Waals surface area contributed by atoms with Crippen molar-refractivity contribution >= 4 is 32.7 Å². The van der Waals surface area contributed by atoms with Crippen LogP contribution in [0.5, 0.6) is 5.75 Å². The van der Waals surface area contributed by atoms with Crippen molar-refractivity contribution in [2.24, 2.45) is 0 Å². The van der Waals surface area contributed by atoms with Crippen LogP contribution in [-0.2, 0) is 16.5 Å². The van der Waals surface area contributed by atoms with Crippen molar-refractivity contribution in [2.75, 3.05) is 6.26 Å². The van der Waals surface area contributed by atoms with Crippen molar-refractivity contribution in [3.8, 4) is 17.1 Å². The van der Waals surface area contributed by atoms with Crippen LogP contribution in [0.15, 0.2) is 51.7 Å². The quantitative estimate of drug-likeness (QED) is 0.641. The molecule has 2 aromatic carbocycles. The lowest BCUT2D eigenvalue weighted by atomic mass is 10.1. The van der Waals surface area contributed by atoms with E-state index in [0.29, 0.717) is 16.2 Å². The number of fused-ring (bicyclic) bond motifs is 1. The monoisotopic (exact) mass is 378 g/mol. The zero-order valence-electron chi connectivity index (χ0n) is 13.6. The Kier molecular flexibility index (Phi) is 4.58. The van der Waals surface area contributed by atoms with Gasteiger partial charge in [0.05, 0.1) is 11.6 Å². The van der Waals surface area contributed by atoms with Gasteiger partial charge < -0.3 is 8.60 Å². The molecule has 0 N–H and O–H groups in total. The Balaban J connectivity index is 2.35. The molecule has 3 aromatic rings. The van der Waals surface area contributed by atoms with E-state index in [2.05, 4.69) is 0 Å². The first-order valence-corrected chi connectivity index (χ1v) is 9.73. The third-order valence-corrected chi connectivity index (χ3v) is 4.38. The largest absolute Gasteiger partial charge is 0.452 e. The molecule has 0 unspecified atom stereocenters. The summed E-state index contributed by atoms with van der Waals surface area (Å²) in [5, 5.41) is 0.778. The lowest BCUT2D eigenvalue weighted by Gasteiger charge is -2.10. The molecule has 0 spiro atoms. The Morgan fingerprint density at radius 3 is 2.40 bits per heavy atom. The van der Waals surface area contributed by atoms with Crippen LogP contribution in [0.2, 0.25) is 5.02 Å². The van der Waals surface area contributed by atoms with E-state index in [1.165, 1.54) is 0 Å². The Hall–Kier alpha value is -2.31. The van der Waals surface area contributed by atoms with E-state index in [4.69, 9.17) is 20.2 Å². The van der Waals surface area contributed by atoms with Crippen LogP contribution < -0.4 is 9.61 Å². The molecule has 0 saturated heterocycles. The molecule has 0 bridgehead atoms. The number of rotatable bonds is 4. The second-order valence-corrected chi connectivity index (χ2v) is 7.58. The average molecular weight is 379 g/mol. The first kappa shape index (κ1) is 17.5. The Morgan fingerprint density at radius 1 is 1.12 bits per heavy atom. The summed E-state index contributed by atoms with van der Waals surface area (Å²) in [5.41, 5.74) is 1.24. The van der Waals surface area contributed by atoms with Gasteiger partial charge in [0.25, 0.3) is 0 Å². The number of hydrogen-bond donors (Lipinski definition) is 0. The van der Waals surface area contributed by atoms with Crippen LogP contribution in [0.1, 0.15) is 12.5 Å². The van der Waals surface area contributed by atoms with Crippen molar-refractivity contribution < 1.29 is 17.0 Å². The molecule has 0 radical (unpaired) electrons. The van der Waals surface area contributed by atoms with Gasteiger partial charge in [0.1, 0.15) is 5.58 Å². The maximum atomic E-state index is 12.9. The van der Waals surface area contributed by atoms with Crippen molar-refractivity contribution in [2.45, 2.75) is 13.3 Å². The van der Waals surface area contributed by atoms with Crippen LogP contribution in [0.4, 0.5) is 0 Å².